The van der Waals surface area contributed by atoms with Gasteiger partial charge in [0, 0.05) is 0 Å². The van der Waals surface area contributed by atoms with Crippen LogP contribution in [0, 0.1) is 0 Å². The predicted octanol–water partition coefficient (Wildman–Crippen LogP) is 2.66. The van der Waals surface area contributed by atoms with Gasteiger partial charge in [-0.3, -0.25) is 15.6 Å². The average Bonchev–Trinajstić information content (AvgIpc) is 2.85. The Balaban J connectivity index is 1.84. The third-order valence-corrected chi connectivity index (χ3v) is 5.34. The van der Waals surface area contributed by atoms with E-state index in [1.807, 2.05) is 30.5 Å². The highest BCUT2D eigenvalue weighted by molar-refractivity contribution is 8.22. The van der Waals surface area contributed by atoms with E-state index in [4.69, 9.17) is 12.2 Å². The zero-order valence-corrected chi connectivity index (χ0v) is 13.3. The number of hydrogen-bond acceptors (Lipinski definition) is 6. The molecule has 100 valence electrons. The second kappa shape index (κ2) is 7.09. The molecule has 0 aliphatic heterocycles. The molecule has 1 aromatic heterocycles. The standard InChI is InChI=1S/C11H11N3OS4/c1-17-10(16)14-13-9(15)6-18-11-12-7-4-2-3-5-8(7)19-11/h2-5H,6H2,1H3,(H,13,15)(H,14,16). The van der Waals surface area contributed by atoms with Crippen molar-refractivity contribution in [3.8, 4) is 0 Å². The minimum Gasteiger partial charge on any atom is -0.283 e. The third kappa shape index (κ3) is 4.34. The van der Waals surface area contributed by atoms with Crippen LogP contribution >= 0.6 is 47.1 Å². The predicted molar refractivity (Wildman–Crippen MR) is 87.7 cm³/mol. The van der Waals surface area contributed by atoms with Crippen molar-refractivity contribution in [2.45, 2.75) is 4.34 Å². The van der Waals surface area contributed by atoms with E-state index in [0.29, 0.717) is 10.1 Å². The molecule has 2 rings (SSSR count). The van der Waals surface area contributed by atoms with Crippen LogP contribution in [0.1, 0.15) is 0 Å². The molecule has 0 saturated carbocycles. The zero-order chi connectivity index (χ0) is 13.7. The molecular formula is C11H11N3OS4. The first-order valence-electron chi connectivity index (χ1n) is 5.30. The quantitative estimate of drug-likeness (QED) is 0.513. The van der Waals surface area contributed by atoms with E-state index in [1.165, 1.54) is 23.5 Å². The molecule has 1 amide bonds. The maximum absolute atomic E-state index is 11.6. The van der Waals surface area contributed by atoms with E-state index in [9.17, 15) is 4.79 Å². The summed E-state index contributed by atoms with van der Waals surface area (Å²) in [5, 5.41) is 0. The summed E-state index contributed by atoms with van der Waals surface area (Å²) in [7, 11) is 0. The summed E-state index contributed by atoms with van der Waals surface area (Å²) in [5.41, 5.74) is 6.17. The number of hydrazine groups is 1. The number of thiazole rings is 1. The molecule has 0 atom stereocenters. The second-order valence-corrected chi connectivity index (χ2v) is 7.14. The summed E-state index contributed by atoms with van der Waals surface area (Å²) in [6.45, 7) is 0. The van der Waals surface area contributed by atoms with Crippen LogP contribution in [0.25, 0.3) is 10.2 Å². The van der Waals surface area contributed by atoms with E-state index in [1.54, 1.807) is 11.3 Å². The average molecular weight is 329 g/mol. The Hall–Kier alpha value is -0.830. The highest BCUT2D eigenvalue weighted by atomic mass is 32.2. The van der Waals surface area contributed by atoms with Crippen molar-refractivity contribution >= 4 is 67.5 Å². The Bertz CT molecular complexity index is 565. The molecule has 19 heavy (non-hydrogen) atoms. The van der Waals surface area contributed by atoms with Gasteiger partial charge in [0.2, 0.25) is 5.91 Å². The maximum Gasteiger partial charge on any atom is 0.248 e. The third-order valence-electron chi connectivity index (χ3n) is 2.09. The summed E-state index contributed by atoms with van der Waals surface area (Å²) in [6, 6.07) is 7.93. The molecule has 0 fully saturated rings. The largest absolute Gasteiger partial charge is 0.283 e. The molecule has 0 radical (unpaired) electrons. The Morgan fingerprint density at radius 3 is 2.95 bits per heavy atom. The normalized spacial score (nSPS) is 10.4. The van der Waals surface area contributed by atoms with E-state index in [2.05, 4.69) is 15.8 Å². The smallest absolute Gasteiger partial charge is 0.248 e. The number of thioether (sulfide) groups is 2. The van der Waals surface area contributed by atoms with Gasteiger partial charge in [-0.1, -0.05) is 47.9 Å². The fraction of sp³-hybridized carbons (Fsp3) is 0.182. The highest BCUT2D eigenvalue weighted by Crippen LogP contribution is 2.28. The topological polar surface area (TPSA) is 54.0 Å². The van der Waals surface area contributed by atoms with Crippen LogP contribution in [0.2, 0.25) is 0 Å². The molecule has 1 heterocycles. The Morgan fingerprint density at radius 1 is 1.42 bits per heavy atom. The van der Waals surface area contributed by atoms with Crippen LogP contribution in [0.4, 0.5) is 0 Å². The van der Waals surface area contributed by atoms with Crippen LogP contribution in [0.5, 0.6) is 0 Å². The number of rotatable bonds is 3. The molecule has 0 unspecified atom stereocenters. The van der Waals surface area contributed by atoms with Gasteiger partial charge in [0.05, 0.1) is 16.0 Å². The summed E-state index contributed by atoms with van der Waals surface area (Å²) in [6.07, 6.45) is 1.84. The van der Waals surface area contributed by atoms with E-state index < -0.39 is 0 Å². The van der Waals surface area contributed by atoms with Crippen molar-refractivity contribution in [1.82, 2.24) is 15.8 Å². The summed E-state index contributed by atoms with van der Waals surface area (Å²) < 4.78 is 2.56. The SMILES string of the molecule is CSC(=S)NNC(=O)CSc1nc2ccccc2s1. The van der Waals surface area contributed by atoms with Gasteiger partial charge in [0.15, 0.2) is 8.66 Å². The van der Waals surface area contributed by atoms with E-state index in [-0.39, 0.29) is 5.91 Å². The molecular weight excluding hydrogens is 318 g/mol. The number of carbonyl (C=O) groups excluding carboxylic acids is 1. The van der Waals surface area contributed by atoms with Gasteiger partial charge < -0.3 is 0 Å². The van der Waals surface area contributed by atoms with Gasteiger partial charge in [0.25, 0.3) is 0 Å². The van der Waals surface area contributed by atoms with Crippen LogP contribution in [-0.4, -0.2) is 27.2 Å². The van der Waals surface area contributed by atoms with Crippen molar-refractivity contribution in [3.63, 3.8) is 0 Å². The minimum absolute atomic E-state index is 0.124. The fourth-order valence-corrected chi connectivity index (χ4v) is 3.32. The van der Waals surface area contributed by atoms with Crippen LogP contribution in [0.3, 0.4) is 0 Å². The van der Waals surface area contributed by atoms with Crippen molar-refractivity contribution in [3.05, 3.63) is 24.3 Å². The van der Waals surface area contributed by atoms with Gasteiger partial charge >= 0.3 is 0 Å². The molecule has 2 N–H and O–H groups in total. The first-order valence-corrected chi connectivity index (χ1v) is 8.73. The molecule has 0 spiro atoms. The van der Waals surface area contributed by atoms with Crippen LogP contribution in [0.15, 0.2) is 28.6 Å². The molecule has 0 aliphatic carbocycles. The number of thiocarbonyl (C=S) groups is 1. The van der Waals surface area contributed by atoms with E-state index >= 15 is 0 Å². The number of para-hydroxylation sites is 1. The lowest BCUT2D eigenvalue weighted by Gasteiger charge is -2.06. The van der Waals surface area contributed by atoms with Gasteiger partial charge in [0.1, 0.15) is 0 Å². The van der Waals surface area contributed by atoms with E-state index in [0.717, 1.165) is 14.6 Å². The van der Waals surface area contributed by atoms with Crippen molar-refractivity contribution in [2.75, 3.05) is 12.0 Å². The van der Waals surface area contributed by atoms with Crippen molar-refractivity contribution < 1.29 is 4.79 Å². The van der Waals surface area contributed by atoms with Gasteiger partial charge in [-0.2, -0.15) is 0 Å². The number of fused-ring (bicyclic) bond motifs is 1. The van der Waals surface area contributed by atoms with Crippen LogP contribution < -0.4 is 10.9 Å². The minimum atomic E-state index is -0.124. The number of nitrogens with zero attached hydrogens (tertiary/aromatic N) is 1. The van der Waals surface area contributed by atoms with Crippen molar-refractivity contribution in [1.29, 1.82) is 0 Å². The molecule has 0 bridgehead atoms. The number of hydrogen-bond donors (Lipinski definition) is 2. The maximum atomic E-state index is 11.6. The summed E-state index contributed by atoms with van der Waals surface area (Å²) in [5.74, 6) is 0.185. The number of nitrogens with one attached hydrogen (secondary N) is 2. The molecule has 0 saturated heterocycles. The van der Waals surface area contributed by atoms with Gasteiger partial charge in [-0.05, 0) is 18.4 Å². The Labute approximate surface area is 128 Å². The monoisotopic (exact) mass is 329 g/mol. The molecule has 4 nitrogen and oxygen atoms in total. The fourth-order valence-electron chi connectivity index (χ4n) is 1.25. The lowest BCUT2D eigenvalue weighted by Crippen LogP contribution is -2.40. The molecule has 0 aliphatic rings. The number of benzene rings is 1. The van der Waals surface area contributed by atoms with Gasteiger partial charge in [-0.15, -0.1) is 11.3 Å². The zero-order valence-electron chi connectivity index (χ0n) is 10.0. The van der Waals surface area contributed by atoms with Gasteiger partial charge in [-0.25, -0.2) is 4.98 Å². The molecule has 1 aromatic carbocycles. The first kappa shape index (κ1) is 14.6. The van der Waals surface area contributed by atoms with Crippen molar-refractivity contribution in [2.24, 2.45) is 0 Å². The second-order valence-electron chi connectivity index (χ2n) is 3.40. The summed E-state index contributed by atoms with van der Waals surface area (Å²) >= 11 is 9.30. The lowest BCUT2D eigenvalue weighted by molar-refractivity contribution is -0.119. The number of carbonyl (C=O) groups is 1. The molecule has 2 aromatic rings. The number of aromatic nitrogens is 1. The Kier molecular flexibility index (Phi) is 5.44. The number of amides is 1. The first-order chi connectivity index (χ1) is 9.19. The lowest BCUT2D eigenvalue weighted by atomic mass is 10.3. The van der Waals surface area contributed by atoms with Crippen LogP contribution in [-0.2, 0) is 4.79 Å². The molecule has 8 heteroatoms. The summed E-state index contributed by atoms with van der Waals surface area (Å²) in [4.78, 5) is 16.0. The highest BCUT2D eigenvalue weighted by Gasteiger charge is 2.07. The Morgan fingerprint density at radius 2 is 2.21 bits per heavy atom.